The van der Waals surface area contributed by atoms with Crippen molar-refractivity contribution in [3.63, 3.8) is 0 Å². The van der Waals surface area contributed by atoms with Crippen LogP contribution in [0.25, 0.3) is 0 Å². The molecule has 14 heavy (non-hydrogen) atoms. The van der Waals surface area contributed by atoms with Gasteiger partial charge in [-0.25, -0.2) is 0 Å². The lowest BCUT2D eigenvalue weighted by molar-refractivity contribution is -0.133. The van der Waals surface area contributed by atoms with Crippen molar-refractivity contribution in [3.05, 3.63) is 0 Å². The zero-order chi connectivity index (χ0) is 10.4. The first-order chi connectivity index (χ1) is 6.75. The molecule has 0 aliphatic carbocycles. The maximum absolute atomic E-state index is 11.7. The molecule has 0 bridgehead atoms. The number of nitrogens with zero attached hydrogens (tertiary/aromatic N) is 1. The number of amides is 1. The SMILES string of the molecule is COCCC(N)C(=O)N1CCNCC1. The molecule has 1 heterocycles. The van der Waals surface area contributed by atoms with Crippen molar-refractivity contribution >= 4 is 5.91 Å². The predicted octanol–water partition coefficient (Wildman–Crippen LogP) is -1.22. The molecule has 1 unspecified atom stereocenters. The van der Waals surface area contributed by atoms with Crippen LogP contribution in [0.1, 0.15) is 6.42 Å². The van der Waals surface area contributed by atoms with Gasteiger partial charge in [-0.05, 0) is 6.42 Å². The predicted molar refractivity (Wildman–Crippen MR) is 53.9 cm³/mol. The molecular formula is C9H19N3O2. The zero-order valence-electron chi connectivity index (χ0n) is 8.66. The normalized spacial score (nSPS) is 19.4. The molecule has 5 heteroatoms. The number of hydrogen-bond donors (Lipinski definition) is 2. The Morgan fingerprint density at radius 3 is 2.79 bits per heavy atom. The highest BCUT2D eigenvalue weighted by atomic mass is 16.5. The number of carbonyl (C=O) groups excluding carboxylic acids is 1. The maximum atomic E-state index is 11.7. The van der Waals surface area contributed by atoms with Crippen LogP contribution in [0.2, 0.25) is 0 Å². The third-order valence-electron chi connectivity index (χ3n) is 2.38. The molecule has 0 aromatic rings. The van der Waals surface area contributed by atoms with Crippen molar-refractivity contribution in [2.45, 2.75) is 12.5 Å². The van der Waals surface area contributed by atoms with Crippen LogP contribution >= 0.6 is 0 Å². The van der Waals surface area contributed by atoms with E-state index >= 15 is 0 Å². The summed E-state index contributed by atoms with van der Waals surface area (Å²) in [6.07, 6.45) is 0.596. The van der Waals surface area contributed by atoms with E-state index in [1.165, 1.54) is 0 Å². The lowest BCUT2D eigenvalue weighted by atomic mass is 10.2. The first-order valence-corrected chi connectivity index (χ1v) is 4.99. The van der Waals surface area contributed by atoms with Crippen LogP contribution in [-0.4, -0.2) is 56.7 Å². The van der Waals surface area contributed by atoms with Crippen LogP contribution in [0.3, 0.4) is 0 Å². The van der Waals surface area contributed by atoms with Crippen molar-refractivity contribution in [1.29, 1.82) is 0 Å². The Bertz CT molecular complexity index is 181. The Kier molecular flexibility index (Phi) is 4.86. The fourth-order valence-corrected chi connectivity index (χ4v) is 1.49. The van der Waals surface area contributed by atoms with Crippen LogP contribution in [0, 0.1) is 0 Å². The summed E-state index contributed by atoms with van der Waals surface area (Å²) in [6, 6.07) is -0.409. The van der Waals surface area contributed by atoms with Crippen LogP contribution in [-0.2, 0) is 9.53 Å². The molecule has 1 aliphatic rings. The van der Waals surface area contributed by atoms with Crippen molar-refractivity contribution in [1.82, 2.24) is 10.2 Å². The van der Waals surface area contributed by atoms with Gasteiger partial charge >= 0.3 is 0 Å². The van der Waals surface area contributed by atoms with Crippen LogP contribution in [0.5, 0.6) is 0 Å². The first-order valence-electron chi connectivity index (χ1n) is 4.99. The van der Waals surface area contributed by atoms with Gasteiger partial charge in [-0.2, -0.15) is 0 Å². The number of ether oxygens (including phenoxy) is 1. The minimum Gasteiger partial charge on any atom is -0.385 e. The van der Waals surface area contributed by atoms with Crippen molar-refractivity contribution in [2.24, 2.45) is 5.73 Å². The van der Waals surface area contributed by atoms with Gasteiger partial charge in [-0.3, -0.25) is 4.79 Å². The van der Waals surface area contributed by atoms with E-state index < -0.39 is 6.04 Å². The number of methoxy groups -OCH3 is 1. The lowest BCUT2D eigenvalue weighted by Gasteiger charge is -2.29. The van der Waals surface area contributed by atoms with E-state index in [9.17, 15) is 4.79 Å². The zero-order valence-corrected chi connectivity index (χ0v) is 8.66. The summed E-state index contributed by atoms with van der Waals surface area (Å²) in [6.45, 7) is 3.80. The second-order valence-electron chi connectivity index (χ2n) is 3.46. The Balaban J connectivity index is 2.30. The van der Waals surface area contributed by atoms with Crippen LogP contribution in [0.4, 0.5) is 0 Å². The highest BCUT2D eigenvalue weighted by Gasteiger charge is 2.21. The monoisotopic (exact) mass is 201 g/mol. The van der Waals surface area contributed by atoms with Crippen LogP contribution in [0.15, 0.2) is 0 Å². The molecule has 1 atom stereocenters. The molecule has 0 aromatic heterocycles. The summed E-state index contributed by atoms with van der Waals surface area (Å²) in [5.74, 6) is 0.0450. The number of piperazine rings is 1. The van der Waals surface area contributed by atoms with Gasteiger partial charge in [0.25, 0.3) is 0 Å². The van der Waals surface area contributed by atoms with E-state index in [2.05, 4.69) is 5.32 Å². The number of carbonyl (C=O) groups is 1. The van der Waals surface area contributed by atoms with Crippen molar-refractivity contribution < 1.29 is 9.53 Å². The summed E-state index contributed by atoms with van der Waals surface area (Å²) in [7, 11) is 1.61. The summed E-state index contributed by atoms with van der Waals surface area (Å²) >= 11 is 0. The molecular weight excluding hydrogens is 182 g/mol. The summed E-state index contributed by atoms with van der Waals surface area (Å²) in [5.41, 5.74) is 5.74. The van der Waals surface area contributed by atoms with Gasteiger partial charge in [0, 0.05) is 39.9 Å². The van der Waals surface area contributed by atoms with E-state index in [4.69, 9.17) is 10.5 Å². The number of hydrogen-bond acceptors (Lipinski definition) is 4. The molecule has 1 rings (SSSR count). The van der Waals surface area contributed by atoms with E-state index in [0.717, 1.165) is 26.2 Å². The average Bonchev–Trinajstić information content (AvgIpc) is 2.26. The molecule has 1 fully saturated rings. The second-order valence-corrected chi connectivity index (χ2v) is 3.46. The first kappa shape index (κ1) is 11.4. The summed E-state index contributed by atoms with van der Waals surface area (Å²) in [5, 5.41) is 3.19. The summed E-state index contributed by atoms with van der Waals surface area (Å²) in [4.78, 5) is 13.5. The van der Waals surface area contributed by atoms with Gasteiger partial charge in [0.05, 0.1) is 6.04 Å². The van der Waals surface area contributed by atoms with Gasteiger partial charge in [0.15, 0.2) is 0 Å². The number of nitrogens with one attached hydrogen (secondary N) is 1. The third kappa shape index (κ3) is 3.25. The standard InChI is InChI=1S/C9H19N3O2/c1-14-7-2-8(10)9(13)12-5-3-11-4-6-12/h8,11H,2-7,10H2,1H3. The molecule has 3 N–H and O–H groups in total. The van der Waals surface area contributed by atoms with Gasteiger partial charge in [-0.15, -0.1) is 0 Å². The molecule has 1 saturated heterocycles. The third-order valence-corrected chi connectivity index (χ3v) is 2.38. The fraction of sp³-hybridized carbons (Fsp3) is 0.889. The topological polar surface area (TPSA) is 67.6 Å². The van der Waals surface area contributed by atoms with Gasteiger partial charge < -0.3 is 20.7 Å². The number of rotatable bonds is 4. The second kappa shape index (κ2) is 5.95. The Morgan fingerprint density at radius 2 is 2.21 bits per heavy atom. The van der Waals surface area contributed by atoms with E-state index in [1.807, 2.05) is 4.90 Å². The minimum atomic E-state index is -0.409. The van der Waals surface area contributed by atoms with Gasteiger partial charge in [0.2, 0.25) is 5.91 Å². The molecule has 0 radical (unpaired) electrons. The molecule has 0 saturated carbocycles. The molecule has 1 amide bonds. The Labute approximate surface area is 84.6 Å². The van der Waals surface area contributed by atoms with Crippen LogP contribution < -0.4 is 11.1 Å². The highest BCUT2D eigenvalue weighted by Crippen LogP contribution is 1.99. The van der Waals surface area contributed by atoms with E-state index in [0.29, 0.717) is 13.0 Å². The molecule has 0 spiro atoms. The van der Waals surface area contributed by atoms with Gasteiger partial charge in [-0.1, -0.05) is 0 Å². The molecule has 0 aromatic carbocycles. The smallest absolute Gasteiger partial charge is 0.239 e. The molecule has 5 nitrogen and oxygen atoms in total. The lowest BCUT2D eigenvalue weighted by Crippen LogP contribution is -2.52. The summed E-state index contributed by atoms with van der Waals surface area (Å²) < 4.78 is 4.89. The molecule has 1 aliphatic heterocycles. The minimum absolute atomic E-state index is 0.0450. The van der Waals surface area contributed by atoms with E-state index in [1.54, 1.807) is 7.11 Å². The van der Waals surface area contributed by atoms with Crippen molar-refractivity contribution in [3.8, 4) is 0 Å². The fourth-order valence-electron chi connectivity index (χ4n) is 1.49. The highest BCUT2D eigenvalue weighted by molar-refractivity contribution is 5.81. The largest absolute Gasteiger partial charge is 0.385 e. The molecule has 82 valence electrons. The Morgan fingerprint density at radius 1 is 1.57 bits per heavy atom. The van der Waals surface area contributed by atoms with Crippen molar-refractivity contribution in [2.75, 3.05) is 39.9 Å². The van der Waals surface area contributed by atoms with Gasteiger partial charge in [0.1, 0.15) is 0 Å². The quantitative estimate of drug-likeness (QED) is 0.598. The average molecular weight is 201 g/mol. The van der Waals surface area contributed by atoms with E-state index in [-0.39, 0.29) is 5.91 Å². The maximum Gasteiger partial charge on any atom is 0.239 e. The number of nitrogens with two attached hydrogens (primary N) is 1. The Hall–Kier alpha value is -0.650.